The number of nitrogens with one attached hydrogen (secondary N) is 2. The van der Waals surface area contributed by atoms with Crippen molar-refractivity contribution in [2.45, 2.75) is 31.0 Å². The van der Waals surface area contributed by atoms with Crippen molar-refractivity contribution in [2.24, 2.45) is 4.99 Å². The van der Waals surface area contributed by atoms with Crippen LogP contribution < -0.4 is 10.6 Å². The third-order valence-corrected chi connectivity index (χ3v) is 7.50. The predicted octanol–water partition coefficient (Wildman–Crippen LogP) is 2.90. The Morgan fingerprint density at radius 2 is 1.96 bits per heavy atom. The molecule has 0 saturated heterocycles. The Morgan fingerprint density at radius 3 is 2.56 bits per heavy atom. The lowest BCUT2D eigenvalue weighted by Gasteiger charge is -2.16. The van der Waals surface area contributed by atoms with E-state index >= 15 is 0 Å². The molecule has 2 N–H and O–H groups in total. The first kappa shape index (κ1) is 23.9. The number of sulfonamides is 1. The van der Waals surface area contributed by atoms with E-state index in [1.165, 1.54) is 15.6 Å². The van der Waals surface area contributed by atoms with Gasteiger partial charge in [0.05, 0.1) is 12.8 Å². The van der Waals surface area contributed by atoms with Crippen LogP contribution in [0.3, 0.4) is 0 Å². The number of hydrogen-bond donors (Lipinski definition) is 2. The smallest absolute Gasteiger partial charge is 0.252 e. The molecule has 0 aliphatic rings. The average molecular weight is 526 g/mol. The van der Waals surface area contributed by atoms with E-state index < -0.39 is 10.0 Å². The first-order valence-electron chi connectivity index (χ1n) is 8.57. The van der Waals surface area contributed by atoms with E-state index in [-0.39, 0.29) is 24.0 Å². The van der Waals surface area contributed by atoms with Gasteiger partial charge >= 0.3 is 0 Å². The summed E-state index contributed by atoms with van der Waals surface area (Å²) >= 11 is 1.32. The number of nitrogens with zero attached hydrogens (tertiary/aromatic N) is 2. The van der Waals surface area contributed by atoms with Crippen molar-refractivity contribution in [3.63, 3.8) is 0 Å². The SMILES string of the molecule is CCN(CC)S(=O)(=O)c1ccc(CCNC(=NC)NCc2ccco2)s1.I. The highest BCUT2D eigenvalue weighted by Crippen LogP contribution is 2.25. The summed E-state index contributed by atoms with van der Waals surface area (Å²) in [5.41, 5.74) is 0. The summed E-state index contributed by atoms with van der Waals surface area (Å²) < 4.78 is 32.2. The summed E-state index contributed by atoms with van der Waals surface area (Å²) in [6, 6.07) is 7.30. The van der Waals surface area contributed by atoms with E-state index in [0.717, 1.165) is 17.1 Å². The maximum Gasteiger partial charge on any atom is 0.252 e. The van der Waals surface area contributed by atoms with E-state index in [2.05, 4.69) is 15.6 Å². The summed E-state index contributed by atoms with van der Waals surface area (Å²) in [6.07, 6.45) is 2.35. The second kappa shape index (κ2) is 11.7. The second-order valence-corrected chi connectivity index (χ2v) is 8.83. The van der Waals surface area contributed by atoms with Gasteiger partial charge in [0.1, 0.15) is 9.97 Å². The van der Waals surface area contributed by atoms with Crippen LogP contribution in [0.25, 0.3) is 0 Å². The topological polar surface area (TPSA) is 86.9 Å². The second-order valence-electron chi connectivity index (χ2n) is 5.49. The highest BCUT2D eigenvalue weighted by molar-refractivity contribution is 14.0. The van der Waals surface area contributed by atoms with E-state index in [9.17, 15) is 8.42 Å². The molecule has 2 heterocycles. The van der Waals surface area contributed by atoms with Crippen molar-refractivity contribution in [3.8, 4) is 0 Å². The molecule has 2 aromatic heterocycles. The fraction of sp³-hybridized carbons (Fsp3) is 0.471. The number of aliphatic imine (C=N–C) groups is 1. The van der Waals surface area contributed by atoms with Gasteiger partial charge in [-0.25, -0.2) is 8.42 Å². The lowest BCUT2D eigenvalue weighted by Crippen LogP contribution is -2.37. The van der Waals surface area contributed by atoms with Crippen molar-refractivity contribution < 1.29 is 12.8 Å². The zero-order valence-electron chi connectivity index (χ0n) is 15.8. The molecule has 152 valence electrons. The highest BCUT2D eigenvalue weighted by atomic mass is 127. The molecule has 2 rings (SSSR count). The summed E-state index contributed by atoms with van der Waals surface area (Å²) in [5.74, 6) is 1.51. The van der Waals surface area contributed by atoms with Crippen LogP contribution in [0.2, 0.25) is 0 Å². The van der Waals surface area contributed by atoms with Gasteiger partial charge in [-0.1, -0.05) is 13.8 Å². The lowest BCUT2D eigenvalue weighted by molar-refractivity contribution is 0.447. The fourth-order valence-corrected chi connectivity index (χ4v) is 5.40. The predicted molar refractivity (Wildman–Crippen MR) is 120 cm³/mol. The van der Waals surface area contributed by atoms with Crippen molar-refractivity contribution in [1.82, 2.24) is 14.9 Å². The van der Waals surface area contributed by atoms with Gasteiger partial charge in [0.25, 0.3) is 10.0 Å². The quantitative estimate of drug-likeness (QED) is 0.298. The summed E-state index contributed by atoms with van der Waals surface area (Å²) in [7, 11) is -1.67. The molecule has 0 aliphatic carbocycles. The summed E-state index contributed by atoms with van der Waals surface area (Å²) in [5, 5.41) is 6.38. The maximum atomic E-state index is 12.5. The van der Waals surface area contributed by atoms with E-state index in [4.69, 9.17) is 4.42 Å². The molecule has 0 unspecified atom stereocenters. The van der Waals surface area contributed by atoms with Crippen LogP contribution in [-0.4, -0.2) is 45.4 Å². The fourth-order valence-electron chi connectivity index (χ4n) is 2.43. The average Bonchev–Trinajstić information content (AvgIpc) is 3.30. The Morgan fingerprint density at radius 1 is 1.22 bits per heavy atom. The number of furan rings is 1. The monoisotopic (exact) mass is 526 g/mol. The molecule has 0 aromatic carbocycles. The standard InChI is InChI=1S/C17H26N4O3S2.HI/c1-4-21(5-2)26(22,23)16-9-8-15(25-16)10-11-19-17(18-3)20-13-14-7-6-12-24-14;/h6-9,12H,4-5,10-11,13H2,1-3H3,(H2,18,19,20);1H. The number of halogens is 1. The number of thiophene rings is 1. The zero-order chi connectivity index (χ0) is 19.0. The molecule has 2 aromatic rings. The van der Waals surface area contributed by atoms with Gasteiger partial charge in [0.15, 0.2) is 5.96 Å². The molecular weight excluding hydrogens is 499 g/mol. The van der Waals surface area contributed by atoms with Gasteiger partial charge in [-0.3, -0.25) is 4.99 Å². The largest absolute Gasteiger partial charge is 0.467 e. The molecule has 0 aliphatic heterocycles. The van der Waals surface area contributed by atoms with Gasteiger partial charge in [0, 0.05) is 31.6 Å². The molecule has 0 spiro atoms. The van der Waals surface area contributed by atoms with E-state index in [1.54, 1.807) is 19.4 Å². The summed E-state index contributed by atoms with van der Waals surface area (Å²) in [6.45, 7) is 5.86. The van der Waals surface area contributed by atoms with Gasteiger partial charge in [-0.2, -0.15) is 4.31 Å². The third kappa shape index (κ3) is 6.77. The molecule has 0 amide bonds. The van der Waals surface area contributed by atoms with Crippen molar-refractivity contribution in [1.29, 1.82) is 0 Å². The molecule has 0 radical (unpaired) electrons. The normalized spacial score (nSPS) is 12.1. The van der Waals surface area contributed by atoms with Gasteiger partial charge in [-0.05, 0) is 30.7 Å². The van der Waals surface area contributed by atoms with Gasteiger partial charge in [-0.15, -0.1) is 35.3 Å². The van der Waals surface area contributed by atoms with E-state index in [1.807, 2.05) is 32.0 Å². The van der Waals surface area contributed by atoms with Crippen LogP contribution in [0, 0.1) is 0 Å². The van der Waals surface area contributed by atoms with Crippen molar-refractivity contribution in [2.75, 3.05) is 26.7 Å². The highest BCUT2D eigenvalue weighted by Gasteiger charge is 2.23. The molecule has 0 fully saturated rings. The molecule has 0 atom stereocenters. The zero-order valence-corrected chi connectivity index (χ0v) is 19.7. The minimum absolute atomic E-state index is 0. The summed E-state index contributed by atoms with van der Waals surface area (Å²) in [4.78, 5) is 5.18. The van der Waals surface area contributed by atoms with Gasteiger partial charge < -0.3 is 15.1 Å². The van der Waals surface area contributed by atoms with Crippen LogP contribution in [0.15, 0.2) is 44.1 Å². The van der Waals surface area contributed by atoms with Crippen molar-refractivity contribution >= 4 is 51.3 Å². The number of guanidine groups is 1. The molecule has 0 bridgehead atoms. The minimum atomic E-state index is -3.38. The van der Waals surface area contributed by atoms with Crippen LogP contribution in [-0.2, 0) is 23.0 Å². The molecule has 27 heavy (non-hydrogen) atoms. The Labute approximate surface area is 182 Å². The molecular formula is C17H27IN4O3S2. The van der Waals surface area contributed by atoms with Crippen LogP contribution in [0.5, 0.6) is 0 Å². The maximum absolute atomic E-state index is 12.5. The minimum Gasteiger partial charge on any atom is -0.467 e. The Balaban J connectivity index is 0.00000364. The first-order valence-corrected chi connectivity index (χ1v) is 10.8. The molecule has 0 saturated carbocycles. The van der Waals surface area contributed by atoms with Gasteiger partial charge in [0.2, 0.25) is 0 Å². The first-order chi connectivity index (χ1) is 12.5. The van der Waals surface area contributed by atoms with Crippen LogP contribution in [0.1, 0.15) is 24.5 Å². The van der Waals surface area contributed by atoms with Crippen molar-refractivity contribution in [3.05, 3.63) is 41.2 Å². The third-order valence-electron chi connectivity index (χ3n) is 3.83. The molecule has 10 heteroatoms. The van der Waals surface area contributed by atoms with E-state index in [0.29, 0.717) is 36.3 Å². The lowest BCUT2D eigenvalue weighted by atomic mass is 10.3. The van der Waals surface area contributed by atoms with Crippen LogP contribution >= 0.6 is 35.3 Å². The Kier molecular flexibility index (Phi) is 10.3. The molecule has 7 nitrogen and oxygen atoms in total. The number of hydrogen-bond acceptors (Lipinski definition) is 5. The Bertz CT molecular complexity index is 800. The number of rotatable bonds is 9. The Hall–Kier alpha value is -1.11. The van der Waals surface area contributed by atoms with Crippen LogP contribution in [0.4, 0.5) is 0 Å².